The maximum atomic E-state index is 12.9. The molecule has 0 saturated carbocycles. The van der Waals surface area contributed by atoms with Crippen LogP contribution in [0, 0.1) is 0 Å². The smallest absolute Gasteiger partial charge is 0.324 e. The average Bonchev–Trinajstić information content (AvgIpc) is 3.11. The summed E-state index contributed by atoms with van der Waals surface area (Å²) in [5, 5.41) is 10.2. The number of rotatable bonds is 5. The molecule has 0 aliphatic carbocycles. The van der Waals surface area contributed by atoms with Crippen molar-refractivity contribution in [3.05, 3.63) is 65.4 Å². The second kappa shape index (κ2) is 8.24. The van der Waals surface area contributed by atoms with E-state index in [1.807, 2.05) is 30.3 Å². The first kappa shape index (κ1) is 20.2. The topological polar surface area (TPSA) is 59.8 Å². The summed E-state index contributed by atoms with van der Waals surface area (Å²) >= 11 is 7.05. The molecule has 0 aliphatic heterocycles. The standard InChI is InChI=1S/C18H14ClF3N4OS/c1-11(28-17-25-23-10-26(17)13-5-3-2-4-6-13)16(27)24-15-9-12(18(20,21)22)7-8-14(15)19/h2-11H,1H3,(H,24,27). The quantitative estimate of drug-likeness (QED) is 0.579. The van der Waals surface area contributed by atoms with Crippen LogP contribution in [0.15, 0.2) is 60.0 Å². The fraction of sp³-hybridized carbons (Fsp3) is 0.167. The molecule has 28 heavy (non-hydrogen) atoms. The van der Waals surface area contributed by atoms with Gasteiger partial charge in [-0.3, -0.25) is 9.36 Å². The molecule has 1 aromatic heterocycles. The summed E-state index contributed by atoms with van der Waals surface area (Å²) in [4.78, 5) is 12.5. The summed E-state index contributed by atoms with van der Waals surface area (Å²) in [6.45, 7) is 1.62. The Bertz CT molecular complexity index is 978. The summed E-state index contributed by atoms with van der Waals surface area (Å²) in [5.74, 6) is -0.506. The minimum atomic E-state index is -4.53. The number of hydrogen-bond acceptors (Lipinski definition) is 4. The number of nitrogens with zero attached hydrogens (tertiary/aromatic N) is 3. The van der Waals surface area contributed by atoms with E-state index in [1.165, 1.54) is 6.33 Å². The van der Waals surface area contributed by atoms with Crippen molar-refractivity contribution in [1.29, 1.82) is 0 Å². The fourth-order valence-corrected chi connectivity index (χ4v) is 3.32. The second-order valence-electron chi connectivity index (χ2n) is 5.76. The second-order valence-corrected chi connectivity index (χ2v) is 7.48. The number of hydrogen-bond donors (Lipinski definition) is 1. The predicted octanol–water partition coefficient (Wildman–Crippen LogP) is 5.06. The van der Waals surface area contributed by atoms with Crippen LogP contribution >= 0.6 is 23.4 Å². The third kappa shape index (κ3) is 4.66. The zero-order valence-electron chi connectivity index (χ0n) is 14.4. The van der Waals surface area contributed by atoms with E-state index in [2.05, 4.69) is 15.5 Å². The molecule has 1 heterocycles. The van der Waals surface area contributed by atoms with E-state index < -0.39 is 22.9 Å². The van der Waals surface area contributed by atoms with Crippen molar-refractivity contribution in [1.82, 2.24) is 14.8 Å². The zero-order valence-corrected chi connectivity index (χ0v) is 16.0. The van der Waals surface area contributed by atoms with Crippen LogP contribution in [0.4, 0.5) is 18.9 Å². The highest BCUT2D eigenvalue weighted by Gasteiger charge is 2.31. The Hall–Kier alpha value is -2.52. The monoisotopic (exact) mass is 426 g/mol. The van der Waals surface area contributed by atoms with Crippen LogP contribution in [0.3, 0.4) is 0 Å². The summed E-state index contributed by atoms with van der Waals surface area (Å²) in [6.07, 6.45) is -3.01. The van der Waals surface area contributed by atoms with Crippen LogP contribution in [-0.4, -0.2) is 25.9 Å². The summed E-state index contributed by atoms with van der Waals surface area (Å²) in [7, 11) is 0. The Morgan fingerprint density at radius 1 is 1.21 bits per heavy atom. The van der Waals surface area contributed by atoms with Crippen molar-refractivity contribution >= 4 is 35.0 Å². The summed E-state index contributed by atoms with van der Waals surface area (Å²) in [6, 6.07) is 12.1. The first-order valence-electron chi connectivity index (χ1n) is 8.05. The Kier molecular flexibility index (Phi) is 5.95. The van der Waals surface area contributed by atoms with Gasteiger partial charge in [0.2, 0.25) is 5.91 Å². The molecule has 0 fully saturated rings. The molecule has 2 aromatic carbocycles. The lowest BCUT2D eigenvalue weighted by Gasteiger charge is -2.15. The molecule has 3 rings (SSSR count). The predicted molar refractivity (Wildman–Crippen MR) is 102 cm³/mol. The molecule has 0 saturated heterocycles. The number of nitrogens with one attached hydrogen (secondary N) is 1. The molecular weight excluding hydrogens is 413 g/mol. The van der Waals surface area contributed by atoms with E-state index in [1.54, 1.807) is 11.5 Å². The molecule has 1 unspecified atom stereocenters. The van der Waals surface area contributed by atoms with Crippen molar-refractivity contribution in [2.45, 2.75) is 23.5 Å². The number of carbonyl (C=O) groups excluding carboxylic acids is 1. The van der Waals surface area contributed by atoms with E-state index in [0.29, 0.717) is 5.16 Å². The minimum Gasteiger partial charge on any atom is -0.324 e. The maximum absolute atomic E-state index is 12.9. The van der Waals surface area contributed by atoms with Gasteiger partial charge in [-0.25, -0.2) is 0 Å². The van der Waals surface area contributed by atoms with Gasteiger partial charge in [-0.05, 0) is 37.3 Å². The number of thioether (sulfide) groups is 1. The lowest BCUT2D eigenvalue weighted by atomic mass is 10.2. The highest BCUT2D eigenvalue weighted by atomic mass is 35.5. The van der Waals surface area contributed by atoms with Gasteiger partial charge in [0.15, 0.2) is 5.16 Å². The van der Waals surface area contributed by atoms with Crippen molar-refractivity contribution in [3.8, 4) is 5.69 Å². The largest absolute Gasteiger partial charge is 0.416 e. The van der Waals surface area contributed by atoms with Gasteiger partial charge in [-0.15, -0.1) is 10.2 Å². The normalized spacial score (nSPS) is 12.6. The number of anilines is 1. The Balaban J connectivity index is 1.74. The van der Waals surface area contributed by atoms with Crippen LogP contribution in [0.2, 0.25) is 5.02 Å². The van der Waals surface area contributed by atoms with Crippen LogP contribution < -0.4 is 5.32 Å². The highest BCUT2D eigenvalue weighted by molar-refractivity contribution is 8.00. The molecule has 10 heteroatoms. The lowest BCUT2D eigenvalue weighted by molar-refractivity contribution is -0.137. The van der Waals surface area contributed by atoms with Gasteiger partial charge >= 0.3 is 6.18 Å². The number of para-hydroxylation sites is 1. The maximum Gasteiger partial charge on any atom is 0.416 e. The molecule has 0 aliphatic rings. The SMILES string of the molecule is CC(Sc1nncn1-c1ccccc1)C(=O)Nc1cc(C(F)(F)F)ccc1Cl. The number of alkyl halides is 3. The van der Waals surface area contributed by atoms with Crippen molar-refractivity contribution in [2.75, 3.05) is 5.32 Å². The molecule has 1 amide bonds. The van der Waals surface area contributed by atoms with Gasteiger partial charge in [0.1, 0.15) is 6.33 Å². The van der Waals surface area contributed by atoms with Crippen LogP contribution in [-0.2, 0) is 11.0 Å². The summed E-state index contributed by atoms with van der Waals surface area (Å²) in [5.41, 5.74) is -0.168. The van der Waals surface area contributed by atoms with Crippen LogP contribution in [0.25, 0.3) is 5.69 Å². The van der Waals surface area contributed by atoms with E-state index in [4.69, 9.17) is 11.6 Å². The third-order valence-corrected chi connectivity index (χ3v) is 5.14. The summed E-state index contributed by atoms with van der Waals surface area (Å²) < 4.78 is 40.3. The number of amides is 1. The Labute approximate surface area is 167 Å². The van der Waals surface area contributed by atoms with Crippen molar-refractivity contribution in [2.24, 2.45) is 0 Å². The van der Waals surface area contributed by atoms with Gasteiger partial charge in [-0.1, -0.05) is 41.6 Å². The van der Waals surface area contributed by atoms with Gasteiger partial charge < -0.3 is 5.32 Å². The fourth-order valence-electron chi connectivity index (χ4n) is 2.31. The molecule has 1 atom stereocenters. The van der Waals surface area contributed by atoms with Gasteiger partial charge in [0, 0.05) is 5.69 Å². The molecule has 0 bridgehead atoms. The highest BCUT2D eigenvalue weighted by Crippen LogP contribution is 2.34. The number of aromatic nitrogens is 3. The van der Waals surface area contributed by atoms with Gasteiger partial charge in [0.05, 0.1) is 21.5 Å². The zero-order chi connectivity index (χ0) is 20.3. The van der Waals surface area contributed by atoms with E-state index >= 15 is 0 Å². The molecule has 5 nitrogen and oxygen atoms in total. The minimum absolute atomic E-state index is 0.0194. The van der Waals surface area contributed by atoms with E-state index in [9.17, 15) is 18.0 Å². The van der Waals surface area contributed by atoms with Gasteiger partial charge in [-0.2, -0.15) is 13.2 Å². The molecular formula is C18H14ClF3N4OS. The molecule has 3 aromatic rings. The van der Waals surface area contributed by atoms with Crippen LogP contribution in [0.1, 0.15) is 12.5 Å². The van der Waals surface area contributed by atoms with Gasteiger partial charge in [0.25, 0.3) is 0 Å². The van der Waals surface area contributed by atoms with Crippen LogP contribution in [0.5, 0.6) is 0 Å². The van der Waals surface area contributed by atoms with Crippen molar-refractivity contribution < 1.29 is 18.0 Å². The number of carbonyl (C=O) groups is 1. The molecule has 0 spiro atoms. The molecule has 146 valence electrons. The average molecular weight is 427 g/mol. The van der Waals surface area contributed by atoms with E-state index in [-0.39, 0.29) is 10.7 Å². The lowest BCUT2D eigenvalue weighted by Crippen LogP contribution is -2.23. The third-order valence-electron chi connectivity index (χ3n) is 3.75. The number of halogens is 4. The Morgan fingerprint density at radius 3 is 2.61 bits per heavy atom. The first-order chi connectivity index (χ1) is 13.3. The first-order valence-corrected chi connectivity index (χ1v) is 9.31. The Morgan fingerprint density at radius 2 is 1.93 bits per heavy atom. The van der Waals surface area contributed by atoms with E-state index in [0.717, 1.165) is 35.6 Å². The molecule has 0 radical (unpaired) electrons. The van der Waals surface area contributed by atoms with Crippen molar-refractivity contribution in [3.63, 3.8) is 0 Å². The molecule has 1 N–H and O–H groups in total. The number of benzene rings is 2.